The van der Waals surface area contributed by atoms with Crippen LogP contribution >= 0.6 is 0 Å². The molecule has 162 valence electrons. The first-order chi connectivity index (χ1) is 16.1. The van der Waals surface area contributed by atoms with Crippen LogP contribution in [0.1, 0.15) is 22.8 Å². The summed E-state index contributed by atoms with van der Waals surface area (Å²) >= 11 is 0. The Hall–Kier alpha value is -4.64. The molecule has 0 aliphatic heterocycles. The molecule has 0 aliphatic carbocycles. The van der Waals surface area contributed by atoms with Crippen molar-refractivity contribution in [3.05, 3.63) is 71.8 Å². The lowest BCUT2D eigenvalue weighted by Crippen LogP contribution is -2.11. The first kappa shape index (κ1) is 20.3. The average Bonchev–Trinajstić information content (AvgIpc) is 3.44. The van der Waals surface area contributed by atoms with Gasteiger partial charge in [-0.25, -0.2) is 4.63 Å². The summed E-state index contributed by atoms with van der Waals surface area (Å²) < 4.78 is 12.2. The molecule has 0 atom stereocenters. The number of aryl methyl sites for hydroxylation is 1. The molecule has 5 aromatic rings. The average molecular weight is 437 g/mol. The van der Waals surface area contributed by atoms with Crippen LogP contribution in [-0.2, 0) is 6.54 Å². The molecule has 33 heavy (non-hydrogen) atoms. The van der Waals surface area contributed by atoms with Crippen molar-refractivity contribution in [3.63, 3.8) is 0 Å². The first-order valence-corrected chi connectivity index (χ1v) is 10.4. The minimum atomic E-state index is -0.279. The van der Waals surface area contributed by atoms with E-state index in [1.165, 1.54) is 0 Å². The van der Waals surface area contributed by atoms with E-state index in [0.717, 1.165) is 27.9 Å². The van der Waals surface area contributed by atoms with Crippen molar-refractivity contribution in [2.24, 2.45) is 0 Å². The Kier molecular flexibility index (Phi) is 4.99. The molecule has 0 spiro atoms. The number of nitrogens with zero attached hydrogens (tertiary/aromatic N) is 4. The summed E-state index contributed by atoms with van der Waals surface area (Å²) in [6.07, 6.45) is 0. The Morgan fingerprint density at radius 2 is 1.97 bits per heavy atom. The third kappa shape index (κ3) is 3.46. The number of hydrogen-bond donors (Lipinski definition) is 1. The first-order valence-electron chi connectivity index (χ1n) is 10.4. The van der Waals surface area contributed by atoms with Crippen molar-refractivity contribution in [2.75, 3.05) is 12.4 Å². The molecule has 0 saturated carbocycles. The molecule has 0 unspecified atom stereocenters. The highest BCUT2D eigenvalue weighted by molar-refractivity contribution is 6.06. The van der Waals surface area contributed by atoms with E-state index in [2.05, 4.69) is 26.3 Å². The molecule has 0 bridgehead atoms. The third-order valence-corrected chi connectivity index (χ3v) is 5.61. The van der Waals surface area contributed by atoms with E-state index in [9.17, 15) is 10.1 Å². The maximum absolute atomic E-state index is 12.8. The zero-order chi connectivity index (χ0) is 22.9. The van der Waals surface area contributed by atoms with E-state index >= 15 is 0 Å². The van der Waals surface area contributed by atoms with Gasteiger partial charge in [0.15, 0.2) is 0 Å². The predicted octanol–water partition coefficient (Wildman–Crippen LogP) is 5.00. The summed E-state index contributed by atoms with van der Waals surface area (Å²) in [6.45, 7) is 2.70. The lowest BCUT2D eigenvalue weighted by atomic mass is 10.1. The minimum absolute atomic E-state index is 0.279. The van der Waals surface area contributed by atoms with Gasteiger partial charge < -0.3 is 14.6 Å². The van der Waals surface area contributed by atoms with Crippen LogP contribution in [0.5, 0.6) is 5.75 Å². The van der Waals surface area contributed by atoms with Crippen LogP contribution in [0.25, 0.3) is 33.2 Å². The van der Waals surface area contributed by atoms with E-state index in [-0.39, 0.29) is 5.91 Å². The quantitative estimate of drug-likeness (QED) is 0.415. The summed E-state index contributed by atoms with van der Waals surface area (Å²) in [5.41, 5.74) is 5.29. The molecule has 1 amide bonds. The Morgan fingerprint density at radius 3 is 2.76 bits per heavy atom. The number of nitrogens with one attached hydrogen (secondary N) is 1. The van der Waals surface area contributed by atoms with Crippen LogP contribution < -0.4 is 10.1 Å². The second-order valence-corrected chi connectivity index (χ2v) is 7.47. The number of hydrogen-bond acceptors (Lipinski definition) is 6. The smallest absolute Gasteiger partial charge is 0.255 e. The van der Waals surface area contributed by atoms with Crippen molar-refractivity contribution in [3.8, 4) is 23.1 Å². The number of carbonyl (C=O) groups is 1. The Bertz CT molecular complexity index is 1560. The monoisotopic (exact) mass is 437 g/mol. The standard InChI is InChI=1S/C25H19N5O3/c1-3-30-23-13-18(32-2)8-9-19(23)20(14-26)24(30)15-5-4-6-17(11-15)27-25(31)16-7-10-21-22(12-16)29-33-28-21/h4-13H,3H2,1-2H3,(H,27,31). The Labute approximate surface area is 189 Å². The second-order valence-electron chi connectivity index (χ2n) is 7.47. The van der Waals surface area contributed by atoms with Crippen molar-refractivity contribution >= 4 is 33.5 Å². The number of rotatable bonds is 5. The number of fused-ring (bicyclic) bond motifs is 2. The number of ether oxygens (including phenoxy) is 1. The zero-order valence-corrected chi connectivity index (χ0v) is 18.0. The van der Waals surface area contributed by atoms with Gasteiger partial charge in [-0.1, -0.05) is 12.1 Å². The molecule has 0 fully saturated rings. The van der Waals surface area contributed by atoms with Crippen LogP contribution in [-0.4, -0.2) is 27.9 Å². The van der Waals surface area contributed by atoms with E-state index in [0.29, 0.717) is 34.4 Å². The fourth-order valence-corrected chi connectivity index (χ4v) is 4.07. The summed E-state index contributed by atoms with van der Waals surface area (Å²) in [6, 6.07) is 20.5. The van der Waals surface area contributed by atoms with E-state index < -0.39 is 0 Å². The van der Waals surface area contributed by atoms with Gasteiger partial charge in [0.2, 0.25) is 0 Å². The molecule has 8 nitrogen and oxygen atoms in total. The molecule has 1 N–H and O–H groups in total. The van der Waals surface area contributed by atoms with Gasteiger partial charge in [0.05, 0.1) is 23.9 Å². The molecule has 0 saturated heterocycles. The van der Waals surface area contributed by atoms with Crippen LogP contribution in [0.4, 0.5) is 5.69 Å². The van der Waals surface area contributed by atoms with Crippen molar-refractivity contribution in [1.29, 1.82) is 5.26 Å². The van der Waals surface area contributed by atoms with Crippen LogP contribution in [0.15, 0.2) is 65.3 Å². The van der Waals surface area contributed by atoms with Gasteiger partial charge in [0.25, 0.3) is 5.91 Å². The highest BCUT2D eigenvalue weighted by atomic mass is 16.6. The van der Waals surface area contributed by atoms with Gasteiger partial charge in [-0.2, -0.15) is 5.26 Å². The molecule has 2 heterocycles. The molecular weight excluding hydrogens is 418 g/mol. The van der Waals surface area contributed by atoms with Gasteiger partial charge in [-0.15, -0.1) is 0 Å². The Morgan fingerprint density at radius 1 is 1.12 bits per heavy atom. The molecule has 2 aromatic heterocycles. The van der Waals surface area contributed by atoms with Crippen LogP contribution in [0.2, 0.25) is 0 Å². The summed E-state index contributed by atoms with van der Waals surface area (Å²) in [5, 5.41) is 21.3. The van der Waals surface area contributed by atoms with Crippen molar-refractivity contribution in [1.82, 2.24) is 14.9 Å². The van der Waals surface area contributed by atoms with Gasteiger partial charge in [0.1, 0.15) is 22.9 Å². The number of nitriles is 1. The number of anilines is 1. The topological polar surface area (TPSA) is 106 Å². The molecule has 0 aliphatic rings. The number of methoxy groups -OCH3 is 1. The third-order valence-electron chi connectivity index (χ3n) is 5.61. The van der Waals surface area contributed by atoms with Gasteiger partial charge in [-0.05, 0) is 59.7 Å². The van der Waals surface area contributed by atoms with Gasteiger partial charge in [0, 0.05) is 34.8 Å². The second kappa shape index (κ2) is 8.13. The predicted molar refractivity (Wildman–Crippen MR) is 124 cm³/mol. The molecule has 0 radical (unpaired) electrons. The Balaban J connectivity index is 1.55. The lowest BCUT2D eigenvalue weighted by molar-refractivity contribution is 0.102. The van der Waals surface area contributed by atoms with Crippen LogP contribution in [0.3, 0.4) is 0 Å². The molecular formula is C25H19N5O3. The summed E-state index contributed by atoms with van der Waals surface area (Å²) in [4.78, 5) is 12.8. The zero-order valence-electron chi connectivity index (χ0n) is 18.0. The SMILES string of the molecule is CCn1c(-c2cccc(NC(=O)c3ccc4nonc4c3)c2)c(C#N)c2ccc(OC)cc21. The van der Waals surface area contributed by atoms with Crippen molar-refractivity contribution in [2.45, 2.75) is 13.5 Å². The highest BCUT2D eigenvalue weighted by Gasteiger charge is 2.19. The molecule has 3 aromatic carbocycles. The number of amides is 1. The minimum Gasteiger partial charge on any atom is -0.497 e. The van der Waals surface area contributed by atoms with Gasteiger partial charge in [-0.3, -0.25) is 4.79 Å². The van der Waals surface area contributed by atoms with Crippen LogP contribution in [0, 0.1) is 11.3 Å². The lowest BCUT2D eigenvalue weighted by Gasteiger charge is -2.11. The number of carbonyl (C=O) groups excluding carboxylic acids is 1. The maximum Gasteiger partial charge on any atom is 0.255 e. The summed E-state index contributed by atoms with van der Waals surface area (Å²) in [5.74, 6) is 0.448. The summed E-state index contributed by atoms with van der Waals surface area (Å²) in [7, 11) is 1.62. The molecule has 5 rings (SSSR count). The van der Waals surface area contributed by atoms with E-state index in [4.69, 9.17) is 9.37 Å². The van der Waals surface area contributed by atoms with Gasteiger partial charge >= 0.3 is 0 Å². The van der Waals surface area contributed by atoms with Crippen molar-refractivity contribution < 1.29 is 14.2 Å². The fourth-order valence-electron chi connectivity index (χ4n) is 4.07. The number of aromatic nitrogens is 3. The number of benzene rings is 3. The van der Waals surface area contributed by atoms with E-state index in [1.54, 1.807) is 25.3 Å². The largest absolute Gasteiger partial charge is 0.497 e. The fraction of sp³-hybridized carbons (Fsp3) is 0.120. The maximum atomic E-state index is 12.8. The normalized spacial score (nSPS) is 10.9. The molecule has 8 heteroatoms. The van der Waals surface area contributed by atoms with E-state index in [1.807, 2.05) is 49.4 Å². The highest BCUT2D eigenvalue weighted by Crippen LogP contribution is 2.36.